The number of amides is 1. The molecule has 0 N–H and O–H groups in total. The summed E-state index contributed by atoms with van der Waals surface area (Å²) in [7, 11) is -2.96. The van der Waals surface area contributed by atoms with Crippen molar-refractivity contribution in [3.8, 4) is 0 Å². The molecule has 0 unspecified atom stereocenters. The Bertz CT molecular complexity index is 895. The molecule has 3 rings (SSSR count). The van der Waals surface area contributed by atoms with Gasteiger partial charge in [-0.3, -0.25) is 4.79 Å². The highest BCUT2D eigenvalue weighted by molar-refractivity contribution is 7.91. The summed E-state index contributed by atoms with van der Waals surface area (Å²) in [5, 5.41) is 0. The quantitative estimate of drug-likeness (QED) is 0.834. The van der Waals surface area contributed by atoms with Gasteiger partial charge in [-0.05, 0) is 48.2 Å². The minimum absolute atomic E-state index is 0.0480. The van der Waals surface area contributed by atoms with Gasteiger partial charge in [0.15, 0.2) is 0 Å². The highest BCUT2D eigenvalue weighted by Gasteiger charge is 2.30. The minimum Gasteiger partial charge on any atom is -0.335 e. The Balaban J connectivity index is 1.82. The second kappa shape index (κ2) is 6.55. The first kappa shape index (κ1) is 17.5. The van der Waals surface area contributed by atoms with E-state index in [1.807, 2.05) is 24.3 Å². The average molecular weight is 365 g/mol. The van der Waals surface area contributed by atoms with Crippen molar-refractivity contribution in [2.45, 2.75) is 29.5 Å². The largest absolute Gasteiger partial charge is 0.341 e. The lowest BCUT2D eigenvalue weighted by atomic mass is 10.1. The smallest absolute Gasteiger partial charge is 0.335 e. The Morgan fingerprint density at radius 2 is 1.76 bits per heavy atom. The molecule has 0 aromatic heterocycles. The van der Waals surface area contributed by atoms with Crippen molar-refractivity contribution in [1.29, 1.82) is 0 Å². The number of hydrogen-bond acceptors (Lipinski definition) is 3. The summed E-state index contributed by atoms with van der Waals surface area (Å²) in [6.45, 7) is 0. The molecule has 25 heavy (non-hydrogen) atoms. The summed E-state index contributed by atoms with van der Waals surface area (Å²) in [5.74, 6) is -3.76. The van der Waals surface area contributed by atoms with E-state index in [1.54, 1.807) is 11.9 Å². The Morgan fingerprint density at radius 1 is 1.12 bits per heavy atom. The van der Waals surface area contributed by atoms with Crippen LogP contribution >= 0.6 is 0 Å². The lowest BCUT2D eigenvalue weighted by Gasteiger charge is -2.25. The Morgan fingerprint density at radius 3 is 2.40 bits per heavy atom. The first-order valence-electron chi connectivity index (χ1n) is 7.79. The van der Waals surface area contributed by atoms with E-state index in [2.05, 4.69) is 0 Å². The maximum atomic E-state index is 12.7. The molecule has 2 aromatic carbocycles. The monoisotopic (exact) mass is 365 g/mol. The average Bonchev–Trinajstić information content (AvgIpc) is 3.04. The van der Waals surface area contributed by atoms with Gasteiger partial charge in [-0.15, -0.1) is 0 Å². The maximum absolute atomic E-state index is 12.7. The predicted molar refractivity (Wildman–Crippen MR) is 89.2 cm³/mol. The number of hydrogen-bond donors (Lipinski definition) is 0. The molecular weight excluding hydrogens is 348 g/mol. The number of carbonyl (C=O) groups excluding carboxylic acids is 1. The first-order valence-corrected chi connectivity index (χ1v) is 9.34. The fourth-order valence-electron chi connectivity index (χ4n) is 3.17. The lowest BCUT2D eigenvalue weighted by Crippen LogP contribution is -2.30. The standard InChI is InChI=1S/C18H17F2NO3S/c1-21(16-11-8-12-4-2-3-5-15(12)16)17(22)13-6-9-14(10-7-13)25(23,24)18(19)20/h2-7,9-10,16,18H,8,11H2,1H3/t16-/m1/s1. The molecule has 7 heteroatoms. The number of sulfone groups is 1. The van der Waals surface area contributed by atoms with Crippen LogP contribution in [0.2, 0.25) is 0 Å². The summed E-state index contributed by atoms with van der Waals surface area (Å²) in [6.07, 6.45) is 1.71. The van der Waals surface area contributed by atoms with E-state index in [1.165, 1.54) is 17.7 Å². The van der Waals surface area contributed by atoms with Gasteiger partial charge in [0.2, 0.25) is 9.84 Å². The van der Waals surface area contributed by atoms with E-state index in [0.29, 0.717) is 0 Å². The Labute approximate surface area is 145 Å². The van der Waals surface area contributed by atoms with E-state index < -0.39 is 20.5 Å². The summed E-state index contributed by atoms with van der Waals surface area (Å²) >= 11 is 0. The van der Waals surface area contributed by atoms with E-state index in [9.17, 15) is 22.0 Å². The third-order valence-electron chi connectivity index (χ3n) is 4.55. The number of nitrogens with zero attached hydrogens (tertiary/aromatic N) is 1. The summed E-state index contributed by atoms with van der Waals surface area (Å²) < 4.78 is 48.0. The lowest BCUT2D eigenvalue weighted by molar-refractivity contribution is 0.0730. The SMILES string of the molecule is CN(C(=O)c1ccc(S(=O)(=O)C(F)F)cc1)[C@@H]1CCc2ccccc21. The zero-order chi connectivity index (χ0) is 18.2. The molecule has 0 bridgehead atoms. The van der Waals surface area contributed by atoms with Crippen LogP contribution in [0.3, 0.4) is 0 Å². The van der Waals surface area contributed by atoms with E-state index in [4.69, 9.17) is 0 Å². The Kier molecular flexibility index (Phi) is 4.60. The molecule has 0 saturated heterocycles. The van der Waals surface area contributed by atoms with Crippen LogP contribution in [-0.4, -0.2) is 32.0 Å². The second-order valence-corrected chi connectivity index (χ2v) is 7.92. The number of alkyl halides is 2. The number of carbonyl (C=O) groups is 1. The molecule has 1 aliphatic rings. The summed E-state index contributed by atoms with van der Waals surface area (Å²) in [5.41, 5.74) is 2.58. The van der Waals surface area contributed by atoms with Crippen molar-refractivity contribution in [3.63, 3.8) is 0 Å². The minimum atomic E-state index is -4.65. The molecular formula is C18H17F2NO3S. The molecule has 0 fully saturated rings. The second-order valence-electron chi connectivity index (χ2n) is 6.00. The third kappa shape index (κ3) is 3.16. The van der Waals surface area contributed by atoms with E-state index in [-0.39, 0.29) is 17.5 Å². The highest BCUT2D eigenvalue weighted by Crippen LogP contribution is 2.35. The molecule has 0 aliphatic heterocycles. The molecule has 0 heterocycles. The van der Waals surface area contributed by atoms with Gasteiger partial charge < -0.3 is 4.90 Å². The van der Waals surface area contributed by atoms with Crippen molar-refractivity contribution in [3.05, 3.63) is 65.2 Å². The van der Waals surface area contributed by atoms with E-state index >= 15 is 0 Å². The summed E-state index contributed by atoms with van der Waals surface area (Å²) in [4.78, 5) is 13.8. The van der Waals surface area contributed by atoms with Crippen LogP contribution in [0, 0.1) is 0 Å². The molecule has 2 aromatic rings. The molecule has 1 aliphatic carbocycles. The van der Waals surface area contributed by atoms with Crippen LogP contribution in [0.4, 0.5) is 8.78 Å². The van der Waals surface area contributed by atoms with E-state index in [0.717, 1.165) is 30.5 Å². The number of aryl methyl sites for hydroxylation is 1. The molecule has 132 valence electrons. The zero-order valence-electron chi connectivity index (χ0n) is 13.5. The normalized spacial score (nSPS) is 16.7. The van der Waals surface area contributed by atoms with Crippen LogP contribution in [0.15, 0.2) is 53.4 Å². The van der Waals surface area contributed by atoms with Crippen LogP contribution < -0.4 is 0 Å². The number of halogens is 2. The third-order valence-corrected chi connectivity index (χ3v) is 5.95. The topological polar surface area (TPSA) is 54.5 Å². The molecule has 0 spiro atoms. The fourth-order valence-corrected chi connectivity index (χ4v) is 3.89. The van der Waals surface area contributed by atoms with Crippen molar-refractivity contribution >= 4 is 15.7 Å². The molecule has 4 nitrogen and oxygen atoms in total. The van der Waals surface area contributed by atoms with Gasteiger partial charge in [-0.25, -0.2) is 8.42 Å². The first-order chi connectivity index (χ1) is 11.8. The molecule has 0 saturated carbocycles. The molecule has 1 atom stereocenters. The van der Waals surface area contributed by atoms with Gasteiger partial charge in [0.25, 0.3) is 5.91 Å². The van der Waals surface area contributed by atoms with Gasteiger partial charge >= 0.3 is 5.76 Å². The van der Waals surface area contributed by atoms with Gasteiger partial charge in [-0.1, -0.05) is 24.3 Å². The maximum Gasteiger partial charge on any atom is 0.341 e. The van der Waals surface area contributed by atoms with Crippen LogP contribution in [-0.2, 0) is 16.3 Å². The fraction of sp³-hybridized carbons (Fsp3) is 0.278. The Hall–Kier alpha value is -2.28. The van der Waals surface area contributed by atoms with Crippen molar-refractivity contribution < 1.29 is 22.0 Å². The molecule has 1 amide bonds. The highest BCUT2D eigenvalue weighted by atomic mass is 32.2. The van der Waals surface area contributed by atoms with Crippen LogP contribution in [0.1, 0.15) is 33.9 Å². The van der Waals surface area contributed by atoms with Crippen LogP contribution in [0.5, 0.6) is 0 Å². The number of benzene rings is 2. The number of fused-ring (bicyclic) bond motifs is 1. The number of rotatable bonds is 4. The van der Waals surface area contributed by atoms with Gasteiger partial charge in [0, 0.05) is 12.6 Å². The van der Waals surface area contributed by atoms with Gasteiger partial charge in [-0.2, -0.15) is 8.78 Å². The van der Waals surface area contributed by atoms with Gasteiger partial charge in [0.1, 0.15) is 0 Å². The van der Waals surface area contributed by atoms with Crippen molar-refractivity contribution in [1.82, 2.24) is 4.90 Å². The molecule has 0 radical (unpaired) electrons. The van der Waals surface area contributed by atoms with Crippen molar-refractivity contribution in [2.75, 3.05) is 7.05 Å². The zero-order valence-corrected chi connectivity index (χ0v) is 14.3. The predicted octanol–water partition coefficient (Wildman–Crippen LogP) is 3.44. The van der Waals surface area contributed by atoms with Gasteiger partial charge in [0.05, 0.1) is 10.9 Å². The summed E-state index contributed by atoms with van der Waals surface area (Å²) in [6, 6.07) is 12.5. The van der Waals surface area contributed by atoms with Crippen molar-refractivity contribution in [2.24, 2.45) is 0 Å². The van der Waals surface area contributed by atoms with Crippen LogP contribution in [0.25, 0.3) is 0 Å².